The molecule has 0 atom stereocenters. The number of nitrogens with one attached hydrogen (secondary N) is 2. The summed E-state index contributed by atoms with van der Waals surface area (Å²) in [7, 11) is 1.60. The Hall–Kier alpha value is -4.39. The maximum Gasteiger partial charge on any atom is 0.252 e. The predicted molar refractivity (Wildman–Crippen MR) is 135 cm³/mol. The molecular formula is C27H26N4O3. The number of ether oxygens (including phenoxy) is 2. The molecule has 0 aliphatic carbocycles. The van der Waals surface area contributed by atoms with Gasteiger partial charge in [-0.05, 0) is 48.7 Å². The lowest BCUT2D eigenvalue weighted by atomic mass is 10.1. The zero-order valence-electron chi connectivity index (χ0n) is 19.3. The minimum atomic E-state index is -0.265. The van der Waals surface area contributed by atoms with Gasteiger partial charge < -0.3 is 9.47 Å². The Morgan fingerprint density at radius 2 is 1.82 bits per heavy atom. The molecule has 0 aliphatic heterocycles. The lowest BCUT2D eigenvalue weighted by molar-refractivity contribution is 0.284. The van der Waals surface area contributed by atoms with E-state index in [0.717, 1.165) is 16.7 Å². The van der Waals surface area contributed by atoms with Gasteiger partial charge >= 0.3 is 0 Å². The largest absolute Gasteiger partial charge is 0.493 e. The molecule has 0 aliphatic rings. The number of H-pyrrole nitrogens is 1. The third-order valence-corrected chi connectivity index (χ3v) is 5.27. The van der Waals surface area contributed by atoms with Crippen LogP contribution in [0, 0.1) is 13.8 Å². The number of benzene rings is 3. The number of hydrogen-bond acceptors (Lipinski definition) is 6. The Labute approximate surface area is 198 Å². The van der Waals surface area contributed by atoms with Crippen LogP contribution in [-0.4, -0.2) is 23.3 Å². The highest BCUT2D eigenvalue weighted by atomic mass is 16.5. The Bertz CT molecular complexity index is 1360. The van der Waals surface area contributed by atoms with Crippen molar-refractivity contribution >= 4 is 12.2 Å². The zero-order valence-corrected chi connectivity index (χ0v) is 19.3. The van der Waals surface area contributed by atoms with E-state index in [1.165, 1.54) is 17.2 Å². The van der Waals surface area contributed by atoms with Crippen molar-refractivity contribution < 1.29 is 9.47 Å². The van der Waals surface area contributed by atoms with E-state index in [0.29, 0.717) is 23.8 Å². The van der Waals surface area contributed by atoms with E-state index in [2.05, 4.69) is 52.5 Å². The van der Waals surface area contributed by atoms with Crippen molar-refractivity contribution in [3.8, 4) is 22.8 Å². The van der Waals surface area contributed by atoms with Crippen molar-refractivity contribution in [3.05, 3.63) is 105 Å². The number of hydrazone groups is 1. The molecule has 1 aromatic heterocycles. The predicted octanol–water partition coefficient (Wildman–Crippen LogP) is 5.09. The molecule has 2 N–H and O–H groups in total. The number of anilines is 1. The fourth-order valence-corrected chi connectivity index (χ4v) is 3.43. The van der Waals surface area contributed by atoms with Crippen LogP contribution in [0.1, 0.15) is 22.3 Å². The van der Waals surface area contributed by atoms with Crippen molar-refractivity contribution in [2.45, 2.75) is 20.5 Å². The van der Waals surface area contributed by atoms with E-state index < -0.39 is 0 Å². The number of aromatic amines is 1. The van der Waals surface area contributed by atoms with Crippen molar-refractivity contribution in [2.75, 3.05) is 12.5 Å². The van der Waals surface area contributed by atoms with Gasteiger partial charge in [0.05, 0.1) is 19.0 Å². The van der Waals surface area contributed by atoms with Gasteiger partial charge in [0.25, 0.3) is 5.56 Å². The number of rotatable bonds is 8. The van der Waals surface area contributed by atoms with Crippen LogP contribution >= 0.6 is 0 Å². The van der Waals surface area contributed by atoms with Gasteiger partial charge in [0, 0.05) is 11.6 Å². The molecule has 7 nitrogen and oxygen atoms in total. The molecule has 4 rings (SSSR count). The van der Waals surface area contributed by atoms with Crippen molar-refractivity contribution in [1.82, 2.24) is 9.97 Å². The molecule has 0 saturated carbocycles. The first kappa shape index (κ1) is 22.8. The van der Waals surface area contributed by atoms with Crippen molar-refractivity contribution in [1.29, 1.82) is 0 Å². The van der Waals surface area contributed by atoms with Crippen molar-refractivity contribution in [2.24, 2.45) is 5.10 Å². The average molecular weight is 455 g/mol. The summed E-state index contributed by atoms with van der Waals surface area (Å²) in [6, 6.07) is 22.8. The van der Waals surface area contributed by atoms with Gasteiger partial charge in [0.1, 0.15) is 6.61 Å². The Morgan fingerprint density at radius 3 is 2.62 bits per heavy atom. The van der Waals surface area contributed by atoms with Gasteiger partial charge in [-0.3, -0.25) is 9.78 Å². The Balaban J connectivity index is 1.45. The van der Waals surface area contributed by atoms with Crippen LogP contribution in [0.5, 0.6) is 11.5 Å². The number of aromatic nitrogens is 2. The molecule has 7 heteroatoms. The number of methoxy groups -OCH3 is 1. The molecule has 0 saturated heterocycles. The van der Waals surface area contributed by atoms with Crippen molar-refractivity contribution in [3.63, 3.8) is 0 Å². The normalized spacial score (nSPS) is 10.9. The monoisotopic (exact) mass is 454 g/mol. The molecule has 1 heterocycles. The van der Waals surface area contributed by atoms with E-state index in [1.807, 2.05) is 48.5 Å². The molecule has 0 fully saturated rings. The topological polar surface area (TPSA) is 88.6 Å². The van der Waals surface area contributed by atoms with E-state index in [9.17, 15) is 4.79 Å². The first-order valence-corrected chi connectivity index (χ1v) is 10.8. The van der Waals surface area contributed by atoms with Crippen LogP contribution in [0.2, 0.25) is 0 Å². The highest BCUT2D eigenvalue weighted by Gasteiger charge is 2.08. The van der Waals surface area contributed by atoms with E-state index in [1.54, 1.807) is 13.3 Å². The van der Waals surface area contributed by atoms with E-state index in [4.69, 9.17) is 9.47 Å². The van der Waals surface area contributed by atoms with Crippen LogP contribution in [0.15, 0.2) is 82.7 Å². The molecule has 0 radical (unpaired) electrons. The third kappa shape index (κ3) is 5.69. The Kier molecular flexibility index (Phi) is 7.03. The van der Waals surface area contributed by atoms with Gasteiger partial charge in [-0.2, -0.15) is 5.10 Å². The standard InChI is InChI=1S/C27H26N4O3/c1-18-9-10-19(2)22(13-18)17-34-24-12-11-20(14-25(24)33-3)16-28-31-27-29-23(15-26(32)30-27)21-7-5-4-6-8-21/h4-16H,17H2,1-3H3,(H2,29,30,31,32)/b28-16-. The highest BCUT2D eigenvalue weighted by molar-refractivity contribution is 5.81. The minimum Gasteiger partial charge on any atom is -0.493 e. The second kappa shape index (κ2) is 10.5. The minimum absolute atomic E-state index is 0.253. The lowest BCUT2D eigenvalue weighted by Gasteiger charge is -2.13. The number of nitrogens with zero attached hydrogens (tertiary/aromatic N) is 2. The summed E-state index contributed by atoms with van der Waals surface area (Å²) in [6.07, 6.45) is 1.62. The number of hydrogen-bond donors (Lipinski definition) is 2. The summed E-state index contributed by atoms with van der Waals surface area (Å²) in [5.74, 6) is 1.50. The smallest absolute Gasteiger partial charge is 0.252 e. The highest BCUT2D eigenvalue weighted by Crippen LogP contribution is 2.29. The molecule has 3 aromatic carbocycles. The van der Waals surface area contributed by atoms with Crippen LogP contribution in [0.3, 0.4) is 0 Å². The summed E-state index contributed by atoms with van der Waals surface area (Å²) in [6.45, 7) is 4.59. The Morgan fingerprint density at radius 1 is 1.00 bits per heavy atom. The average Bonchev–Trinajstić information content (AvgIpc) is 2.85. The lowest BCUT2D eigenvalue weighted by Crippen LogP contribution is -2.10. The summed E-state index contributed by atoms with van der Waals surface area (Å²) >= 11 is 0. The van der Waals surface area contributed by atoms with E-state index in [-0.39, 0.29) is 11.5 Å². The van der Waals surface area contributed by atoms with Crippen LogP contribution in [-0.2, 0) is 6.61 Å². The summed E-state index contributed by atoms with van der Waals surface area (Å²) in [4.78, 5) is 19.1. The summed E-state index contributed by atoms with van der Waals surface area (Å²) in [5, 5.41) is 4.20. The van der Waals surface area contributed by atoms with Gasteiger partial charge in [-0.15, -0.1) is 0 Å². The van der Waals surface area contributed by atoms with Gasteiger partial charge in [0.15, 0.2) is 11.5 Å². The van der Waals surface area contributed by atoms with Crippen LogP contribution < -0.4 is 20.5 Å². The molecule has 0 bridgehead atoms. The molecule has 172 valence electrons. The van der Waals surface area contributed by atoms with Gasteiger partial charge in [-0.1, -0.05) is 54.1 Å². The first-order valence-electron chi connectivity index (χ1n) is 10.8. The second-order valence-electron chi connectivity index (χ2n) is 7.84. The molecule has 0 unspecified atom stereocenters. The summed E-state index contributed by atoms with van der Waals surface area (Å²) < 4.78 is 11.5. The molecule has 0 amide bonds. The zero-order chi connectivity index (χ0) is 23.9. The van der Waals surface area contributed by atoms with Crippen LogP contribution in [0.25, 0.3) is 11.3 Å². The fraction of sp³-hybridized carbons (Fsp3) is 0.148. The first-order chi connectivity index (χ1) is 16.5. The quantitative estimate of drug-likeness (QED) is 0.286. The maximum atomic E-state index is 12.0. The molecular weight excluding hydrogens is 428 g/mol. The van der Waals surface area contributed by atoms with Crippen LogP contribution in [0.4, 0.5) is 5.95 Å². The third-order valence-electron chi connectivity index (χ3n) is 5.27. The fourth-order valence-electron chi connectivity index (χ4n) is 3.43. The second-order valence-corrected chi connectivity index (χ2v) is 7.84. The number of aryl methyl sites for hydroxylation is 2. The SMILES string of the molecule is COc1cc(/C=N\Nc2nc(-c3ccccc3)cc(=O)[nH]2)ccc1OCc1cc(C)ccc1C. The molecule has 34 heavy (non-hydrogen) atoms. The molecule has 0 spiro atoms. The van der Waals surface area contributed by atoms with Gasteiger partial charge in [-0.25, -0.2) is 10.4 Å². The summed E-state index contributed by atoms with van der Waals surface area (Å²) in [5.41, 5.74) is 8.24. The molecule has 4 aromatic rings. The maximum absolute atomic E-state index is 12.0. The van der Waals surface area contributed by atoms with Gasteiger partial charge in [0.2, 0.25) is 5.95 Å². The van der Waals surface area contributed by atoms with E-state index >= 15 is 0 Å².